The van der Waals surface area contributed by atoms with E-state index in [1.165, 1.54) is 32.4 Å². The van der Waals surface area contributed by atoms with Gasteiger partial charge in [-0.1, -0.05) is 13.3 Å². The Morgan fingerprint density at radius 3 is 2.65 bits per heavy atom. The van der Waals surface area contributed by atoms with Crippen molar-refractivity contribution >= 4 is 0 Å². The van der Waals surface area contributed by atoms with E-state index in [0.717, 1.165) is 37.8 Å². The van der Waals surface area contributed by atoms with Crippen LogP contribution >= 0.6 is 0 Å². The molecule has 1 aliphatic heterocycles. The van der Waals surface area contributed by atoms with E-state index in [0.29, 0.717) is 0 Å². The van der Waals surface area contributed by atoms with Crippen LogP contribution in [-0.2, 0) is 0 Å². The molecule has 0 bridgehead atoms. The fraction of sp³-hybridized carbons (Fsp3) is 0.929. The molecule has 1 saturated heterocycles. The summed E-state index contributed by atoms with van der Waals surface area (Å²) in [6.45, 7) is 6.78. The molecule has 0 spiro atoms. The standard InChI is InChI=1S/C14H25N3/c1-2-7-16-14(9-15)6-8-17-10-12-4-3-5-13(12)11-17/h12-14,16H,2-8,10-11H2,1H3. The number of fused-ring (bicyclic) bond motifs is 1. The van der Waals surface area contributed by atoms with Crippen molar-refractivity contribution in [3.05, 3.63) is 0 Å². The first-order chi connectivity index (χ1) is 8.33. The minimum Gasteiger partial charge on any atom is -0.303 e. The van der Waals surface area contributed by atoms with Gasteiger partial charge in [-0.15, -0.1) is 0 Å². The van der Waals surface area contributed by atoms with Crippen LogP contribution in [0, 0.1) is 23.2 Å². The summed E-state index contributed by atoms with van der Waals surface area (Å²) in [5, 5.41) is 12.4. The molecule has 2 fully saturated rings. The zero-order chi connectivity index (χ0) is 12.1. The van der Waals surface area contributed by atoms with Gasteiger partial charge in [-0.3, -0.25) is 0 Å². The summed E-state index contributed by atoms with van der Waals surface area (Å²) in [4.78, 5) is 2.58. The Kier molecular flexibility index (Phi) is 4.82. The molecule has 1 heterocycles. The summed E-state index contributed by atoms with van der Waals surface area (Å²) in [7, 11) is 0. The number of hydrogen-bond donors (Lipinski definition) is 1. The van der Waals surface area contributed by atoms with E-state index in [-0.39, 0.29) is 6.04 Å². The molecule has 17 heavy (non-hydrogen) atoms. The highest BCUT2D eigenvalue weighted by molar-refractivity contribution is 4.92. The molecular formula is C14H25N3. The number of nitriles is 1. The second-order valence-corrected chi connectivity index (χ2v) is 5.64. The van der Waals surface area contributed by atoms with E-state index >= 15 is 0 Å². The molecule has 0 amide bonds. The molecule has 0 aromatic heterocycles. The summed E-state index contributed by atoms with van der Waals surface area (Å²) in [5.74, 6) is 1.94. The first-order valence-electron chi connectivity index (χ1n) is 7.18. The van der Waals surface area contributed by atoms with Gasteiger partial charge < -0.3 is 10.2 Å². The SMILES string of the molecule is CCCNC(C#N)CCN1CC2CCCC2C1. The third kappa shape index (κ3) is 3.43. The molecule has 1 saturated carbocycles. The normalized spacial score (nSPS) is 30.1. The van der Waals surface area contributed by atoms with Crippen LogP contribution < -0.4 is 5.32 Å². The summed E-state index contributed by atoms with van der Waals surface area (Å²) in [5.41, 5.74) is 0. The van der Waals surface area contributed by atoms with E-state index in [9.17, 15) is 0 Å². The predicted molar refractivity (Wildman–Crippen MR) is 69.6 cm³/mol. The highest BCUT2D eigenvalue weighted by Crippen LogP contribution is 2.37. The van der Waals surface area contributed by atoms with Gasteiger partial charge in [-0.05, 0) is 44.1 Å². The number of nitrogens with one attached hydrogen (secondary N) is 1. The number of hydrogen-bond acceptors (Lipinski definition) is 3. The van der Waals surface area contributed by atoms with Gasteiger partial charge in [0.2, 0.25) is 0 Å². The quantitative estimate of drug-likeness (QED) is 0.765. The Labute approximate surface area is 105 Å². The van der Waals surface area contributed by atoms with Crippen LogP contribution in [0.15, 0.2) is 0 Å². The Balaban J connectivity index is 1.66. The molecule has 1 N–H and O–H groups in total. The van der Waals surface area contributed by atoms with Crippen LogP contribution in [0.25, 0.3) is 0 Å². The molecule has 96 valence electrons. The van der Waals surface area contributed by atoms with Crippen LogP contribution in [-0.4, -0.2) is 37.1 Å². The highest BCUT2D eigenvalue weighted by Gasteiger charge is 2.35. The van der Waals surface area contributed by atoms with Crippen LogP contribution in [0.1, 0.15) is 39.0 Å². The Morgan fingerprint density at radius 1 is 1.35 bits per heavy atom. The monoisotopic (exact) mass is 235 g/mol. The molecule has 3 atom stereocenters. The molecule has 0 aromatic rings. The van der Waals surface area contributed by atoms with Crippen LogP contribution in [0.4, 0.5) is 0 Å². The van der Waals surface area contributed by atoms with Gasteiger partial charge in [-0.2, -0.15) is 5.26 Å². The Bertz CT molecular complexity index is 259. The number of nitrogens with zero attached hydrogens (tertiary/aromatic N) is 2. The molecule has 2 rings (SSSR count). The Morgan fingerprint density at radius 2 is 2.06 bits per heavy atom. The fourth-order valence-electron chi connectivity index (χ4n) is 3.36. The number of rotatable bonds is 6. The van der Waals surface area contributed by atoms with E-state index in [4.69, 9.17) is 5.26 Å². The Hall–Kier alpha value is -0.590. The molecule has 3 unspecified atom stereocenters. The zero-order valence-electron chi connectivity index (χ0n) is 11.0. The minimum absolute atomic E-state index is 0.0513. The highest BCUT2D eigenvalue weighted by atomic mass is 15.2. The first-order valence-corrected chi connectivity index (χ1v) is 7.18. The maximum absolute atomic E-state index is 9.06. The lowest BCUT2D eigenvalue weighted by Gasteiger charge is -2.18. The third-order valence-electron chi connectivity index (χ3n) is 4.33. The topological polar surface area (TPSA) is 39.1 Å². The molecule has 2 aliphatic rings. The largest absolute Gasteiger partial charge is 0.303 e. The molecule has 1 aliphatic carbocycles. The third-order valence-corrected chi connectivity index (χ3v) is 4.33. The van der Waals surface area contributed by atoms with E-state index in [2.05, 4.69) is 23.2 Å². The van der Waals surface area contributed by atoms with Crippen LogP contribution in [0.3, 0.4) is 0 Å². The van der Waals surface area contributed by atoms with Gasteiger partial charge in [0, 0.05) is 19.6 Å². The average Bonchev–Trinajstić information content (AvgIpc) is 2.89. The van der Waals surface area contributed by atoms with Crippen molar-refractivity contribution in [3.63, 3.8) is 0 Å². The summed E-state index contributed by atoms with van der Waals surface area (Å²) in [6.07, 6.45) is 6.41. The molecule has 3 heteroatoms. The maximum atomic E-state index is 9.06. The minimum atomic E-state index is 0.0513. The van der Waals surface area contributed by atoms with Crippen molar-refractivity contribution in [1.29, 1.82) is 5.26 Å². The first kappa shape index (κ1) is 12.9. The van der Waals surface area contributed by atoms with Crippen molar-refractivity contribution in [1.82, 2.24) is 10.2 Å². The maximum Gasteiger partial charge on any atom is 0.0965 e. The van der Waals surface area contributed by atoms with Crippen LogP contribution in [0.5, 0.6) is 0 Å². The predicted octanol–water partition coefficient (Wildman–Crippen LogP) is 2.00. The van der Waals surface area contributed by atoms with E-state index in [1.54, 1.807) is 0 Å². The van der Waals surface area contributed by atoms with Gasteiger partial charge in [0.15, 0.2) is 0 Å². The lowest BCUT2D eigenvalue weighted by Crippen LogP contribution is -2.33. The fourth-order valence-corrected chi connectivity index (χ4v) is 3.36. The second kappa shape index (κ2) is 6.37. The van der Waals surface area contributed by atoms with E-state index in [1.807, 2.05) is 0 Å². The molecule has 0 radical (unpaired) electrons. The zero-order valence-corrected chi connectivity index (χ0v) is 11.0. The van der Waals surface area contributed by atoms with Crippen molar-refractivity contribution < 1.29 is 0 Å². The summed E-state index contributed by atoms with van der Waals surface area (Å²) in [6, 6.07) is 2.42. The molecule has 0 aromatic carbocycles. The second-order valence-electron chi connectivity index (χ2n) is 5.64. The average molecular weight is 235 g/mol. The van der Waals surface area contributed by atoms with Gasteiger partial charge in [-0.25, -0.2) is 0 Å². The number of likely N-dealkylation sites (tertiary alicyclic amines) is 1. The summed E-state index contributed by atoms with van der Waals surface area (Å²) < 4.78 is 0. The molecular weight excluding hydrogens is 210 g/mol. The summed E-state index contributed by atoms with van der Waals surface area (Å²) >= 11 is 0. The smallest absolute Gasteiger partial charge is 0.0965 e. The lowest BCUT2D eigenvalue weighted by atomic mass is 10.0. The van der Waals surface area contributed by atoms with Crippen molar-refractivity contribution in [2.45, 2.75) is 45.1 Å². The van der Waals surface area contributed by atoms with Gasteiger partial charge in [0.05, 0.1) is 12.1 Å². The van der Waals surface area contributed by atoms with Crippen LogP contribution in [0.2, 0.25) is 0 Å². The van der Waals surface area contributed by atoms with Crippen molar-refractivity contribution in [3.8, 4) is 6.07 Å². The van der Waals surface area contributed by atoms with Gasteiger partial charge in [0.25, 0.3) is 0 Å². The molecule has 3 nitrogen and oxygen atoms in total. The van der Waals surface area contributed by atoms with Gasteiger partial charge in [0.1, 0.15) is 0 Å². The van der Waals surface area contributed by atoms with Crippen molar-refractivity contribution in [2.24, 2.45) is 11.8 Å². The van der Waals surface area contributed by atoms with E-state index < -0.39 is 0 Å². The van der Waals surface area contributed by atoms with Gasteiger partial charge >= 0.3 is 0 Å². The van der Waals surface area contributed by atoms with Crippen molar-refractivity contribution in [2.75, 3.05) is 26.2 Å². The lowest BCUT2D eigenvalue weighted by molar-refractivity contribution is 0.297.